The van der Waals surface area contributed by atoms with Crippen LogP contribution in [0.1, 0.15) is 31.6 Å². The average Bonchev–Trinajstić information content (AvgIpc) is 3.17. The van der Waals surface area contributed by atoms with Crippen molar-refractivity contribution in [2.75, 3.05) is 5.32 Å². The Morgan fingerprint density at radius 1 is 1.32 bits per heavy atom. The van der Waals surface area contributed by atoms with Crippen molar-refractivity contribution < 1.29 is 22.4 Å². The van der Waals surface area contributed by atoms with Crippen molar-refractivity contribution >= 4 is 22.7 Å². The highest BCUT2D eigenvalue weighted by Crippen LogP contribution is 2.38. The fourth-order valence-corrected chi connectivity index (χ4v) is 2.37. The number of terminal acetylenes is 1. The summed E-state index contributed by atoms with van der Waals surface area (Å²) in [4.78, 5) is 15.5. The molecular formula is C16H13F3N4O2. The van der Waals surface area contributed by atoms with E-state index in [4.69, 9.17) is 6.42 Å². The van der Waals surface area contributed by atoms with Gasteiger partial charge in [0.25, 0.3) is 0 Å². The molecule has 0 saturated heterocycles. The Morgan fingerprint density at radius 2 is 2.08 bits per heavy atom. The summed E-state index contributed by atoms with van der Waals surface area (Å²) in [5.74, 6) is 0.767. The zero-order chi connectivity index (χ0) is 18.1. The quantitative estimate of drug-likeness (QED) is 0.795. The zero-order valence-corrected chi connectivity index (χ0v) is 12.9. The maximum atomic E-state index is 12.7. The molecule has 0 spiro atoms. The third-order valence-corrected chi connectivity index (χ3v) is 3.74. The van der Waals surface area contributed by atoms with Gasteiger partial charge in [-0.15, -0.1) is 12.3 Å². The van der Waals surface area contributed by atoms with Gasteiger partial charge in [-0.3, -0.25) is 4.79 Å². The van der Waals surface area contributed by atoms with Gasteiger partial charge in [0.05, 0.1) is 5.69 Å². The van der Waals surface area contributed by atoms with Gasteiger partial charge >= 0.3 is 12.1 Å². The third kappa shape index (κ3) is 3.79. The summed E-state index contributed by atoms with van der Waals surface area (Å²) in [7, 11) is 0. The van der Waals surface area contributed by atoms with Crippen molar-refractivity contribution in [3.8, 4) is 12.3 Å². The number of halogens is 3. The van der Waals surface area contributed by atoms with E-state index in [9.17, 15) is 18.0 Å². The second-order valence-corrected chi connectivity index (χ2v) is 5.60. The third-order valence-electron chi connectivity index (χ3n) is 3.74. The van der Waals surface area contributed by atoms with E-state index < -0.39 is 17.7 Å². The van der Waals surface area contributed by atoms with Gasteiger partial charge in [0.2, 0.25) is 5.91 Å². The molecule has 1 amide bonds. The number of carbonyl (C=O) groups excluding carboxylic acids is 1. The molecule has 0 saturated carbocycles. The molecule has 9 heteroatoms. The molecule has 6 nitrogen and oxygen atoms in total. The molecule has 25 heavy (non-hydrogen) atoms. The van der Waals surface area contributed by atoms with E-state index in [1.807, 2.05) is 0 Å². The summed E-state index contributed by atoms with van der Waals surface area (Å²) >= 11 is 0. The van der Waals surface area contributed by atoms with E-state index in [1.54, 1.807) is 0 Å². The minimum absolute atomic E-state index is 0.0500. The lowest BCUT2D eigenvalue weighted by Gasteiger charge is -2.09. The number of benzene rings is 1. The molecule has 1 aromatic carbocycles. The van der Waals surface area contributed by atoms with Crippen LogP contribution in [0.25, 0.3) is 11.1 Å². The SMILES string of the molecule is C#CCCC1(CCC(=O)Nc2cccc3oc(C(F)(F)F)nc23)N=N1. The van der Waals surface area contributed by atoms with Gasteiger partial charge in [0.1, 0.15) is 5.52 Å². The Balaban J connectivity index is 1.67. The molecule has 1 N–H and O–H groups in total. The lowest BCUT2D eigenvalue weighted by molar-refractivity contribution is -0.156. The van der Waals surface area contributed by atoms with Crippen molar-refractivity contribution in [3.63, 3.8) is 0 Å². The number of nitrogens with one attached hydrogen (secondary N) is 1. The number of nitrogens with zero attached hydrogens (tertiary/aromatic N) is 3. The number of oxazole rings is 1. The number of alkyl halides is 3. The summed E-state index contributed by atoms with van der Waals surface area (Å²) in [5, 5.41) is 10.4. The summed E-state index contributed by atoms with van der Waals surface area (Å²) < 4.78 is 42.8. The number of rotatable bonds is 6. The van der Waals surface area contributed by atoms with Crippen LogP contribution in [0.2, 0.25) is 0 Å². The first-order chi connectivity index (χ1) is 11.8. The van der Waals surface area contributed by atoms with Crippen LogP contribution in [0.3, 0.4) is 0 Å². The maximum Gasteiger partial charge on any atom is 0.468 e. The highest BCUT2D eigenvalue weighted by Gasteiger charge is 2.39. The second kappa shape index (κ2) is 6.20. The van der Waals surface area contributed by atoms with Crippen molar-refractivity contribution in [2.24, 2.45) is 10.2 Å². The Kier molecular flexibility index (Phi) is 4.20. The smallest absolute Gasteiger partial charge is 0.433 e. The van der Waals surface area contributed by atoms with E-state index >= 15 is 0 Å². The van der Waals surface area contributed by atoms with Crippen LogP contribution in [-0.4, -0.2) is 16.6 Å². The van der Waals surface area contributed by atoms with Gasteiger partial charge in [-0.2, -0.15) is 23.4 Å². The monoisotopic (exact) mass is 350 g/mol. The summed E-state index contributed by atoms with van der Waals surface area (Å²) in [5.41, 5.74) is -0.537. The number of anilines is 1. The molecule has 0 atom stereocenters. The normalized spacial score (nSPS) is 15.1. The molecule has 1 aliphatic heterocycles. The summed E-state index contributed by atoms with van der Waals surface area (Å²) in [6.07, 6.45) is 2.08. The molecule has 1 aliphatic rings. The molecule has 0 bridgehead atoms. The van der Waals surface area contributed by atoms with Gasteiger partial charge < -0.3 is 9.73 Å². The lowest BCUT2D eigenvalue weighted by Crippen LogP contribution is -2.17. The van der Waals surface area contributed by atoms with Crippen molar-refractivity contribution in [3.05, 3.63) is 24.1 Å². The number of hydrogen-bond donors (Lipinski definition) is 1. The minimum atomic E-state index is -4.70. The van der Waals surface area contributed by atoms with Crippen molar-refractivity contribution in [1.82, 2.24) is 4.98 Å². The molecule has 1 aromatic heterocycles. The molecule has 0 aliphatic carbocycles. The number of amides is 1. The first kappa shape index (κ1) is 17.0. The molecular weight excluding hydrogens is 337 g/mol. The van der Waals surface area contributed by atoms with Gasteiger partial charge in [-0.25, -0.2) is 4.98 Å². The van der Waals surface area contributed by atoms with E-state index in [0.29, 0.717) is 19.3 Å². The van der Waals surface area contributed by atoms with Crippen LogP contribution < -0.4 is 5.32 Å². The van der Waals surface area contributed by atoms with E-state index in [2.05, 4.69) is 30.9 Å². The number of hydrogen-bond acceptors (Lipinski definition) is 5. The molecule has 2 heterocycles. The Hall–Kier alpha value is -2.89. The molecule has 0 unspecified atom stereocenters. The maximum absolute atomic E-state index is 12.7. The predicted octanol–water partition coefficient (Wildman–Crippen LogP) is 4.14. The van der Waals surface area contributed by atoms with E-state index in [0.717, 1.165) is 0 Å². The number of aromatic nitrogens is 1. The van der Waals surface area contributed by atoms with Gasteiger partial charge in [-0.1, -0.05) is 6.07 Å². The number of carbonyl (C=O) groups is 1. The first-order valence-electron chi connectivity index (χ1n) is 7.47. The fourth-order valence-electron chi connectivity index (χ4n) is 2.37. The van der Waals surface area contributed by atoms with Crippen LogP contribution in [0.4, 0.5) is 18.9 Å². The Labute approximate surface area is 140 Å². The van der Waals surface area contributed by atoms with Crippen molar-refractivity contribution in [1.29, 1.82) is 0 Å². The van der Waals surface area contributed by atoms with Gasteiger partial charge in [0.15, 0.2) is 11.2 Å². The van der Waals surface area contributed by atoms with E-state index in [-0.39, 0.29) is 29.1 Å². The largest absolute Gasteiger partial charge is 0.468 e. The molecule has 130 valence electrons. The average molecular weight is 350 g/mol. The lowest BCUT2D eigenvalue weighted by atomic mass is 10.0. The topological polar surface area (TPSA) is 79.9 Å². The molecule has 0 fully saturated rings. The Morgan fingerprint density at radius 3 is 2.72 bits per heavy atom. The minimum Gasteiger partial charge on any atom is -0.433 e. The van der Waals surface area contributed by atoms with Crippen LogP contribution in [-0.2, 0) is 11.0 Å². The highest BCUT2D eigenvalue weighted by molar-refractivity contribution is 5.98. The molecule has 3 rings (SSSR count). The van der Waals surface area contributed by atoms with Crippen LogP contribution in [0.5, 0.6) is 0 Å². The van der Waals surface area contributed by atoms with Crippen LogP contribution >= 0.6 is 0 Å². The number of fused-ring (bicyclic) bond motifs is 1. The van der Waals surface area contributed by atoms with Gasteiger partial charge in [-0.05, 0) is 12.1 Å². The van der Waals surface area contributed by atoms with Gasteiger partial charge in [0, 0.05) is 25.7 Å². The van der Waals surface area contributed by atoms with Crippen LogP contribution in [0.15, 0.2) is 32.8 Å². The highest BCUT2D eigenvalue weighted by atomic mass is 19.4. The zero-order valence-electron chi connectivity index (χ0n) is 12.9. The van der Waals surface area contributed by atoms with Crippen molar-refractivity contribution in [2.45, 2.75) is 37.5 Å². The number of para-hydroxylation sites is 1. The summed E-state index contributed by atoms with van der Waals surface area (Å²) in [6, 6.07) is 4.29. The fraction of sp³-hybridized carbons (Fsp3) is 0.375. The molecule has 0 radical (unpaired) electrons. The standard InChI is InChI=1S/C16H13F3N4O2/c1-2-3-8-15(22-23-15)9-7-12(24)20-10-5-4-6-11-13(10)21-14(25-11)16(17,18)19/h1,4-6H,3,7-9H2,(H,20,24). The van der Waals surface area contributed by atoms with E-state index in [1.165, 1.54) is 18.2 Å². The van der Waals surface area contributed by atoms with Crippen LogP contribution in [0, 0.1) is 12.3 Å². The second-order valence-electron chi connectivity index (χ2n) is 5.60. The Bertz CT molecular complexity index is 874. The predicted molar refractivity (Wildman–Crippen MR) is 82.5 cm³/mol. The molecule has 2 aromatic rings. The summed E-state index contributed by atoms with van der Waals surface area (Å²) in [6.45, 7) is 0. The first-order valence-corrected chi connectivity index (χ1v) is 7.47.